The normalized spacial score (nSPS) is 53.6. The third kappa shape index (κ3) is 3.82. The lowest BCUT2D eigenvalue weighted by Gasteiger charge is -2.65. The molecule has 0 saturated heterocycles. The molecule has 0 aromatic heterocycles. The Morgan fingerprint density at radius 3 is 2.30 bits per heavy atom. The molecule has 13 atom stereocenters. The van der Waals surface area contributed by atoms with Gasteiger partial charge in [0, 0.05) is 18.4 Å². The molecule has 6 nitrogen and oxygen atoms in total. The predicted molar refractivity (Wildman–Crippen MR) is 126 cm³/mol. The summed E-state index contributed by atoms with van der Waals surface area (Å²) in [4.78, 5) is 0. The van der Waals surface area contributed by atoms with Crippen LogP contribution in [0.15, 0.2) is 0 Å². The van der Waals surface area contributed by atoms with Crippen LogP contribution in [0.3, 0.4) is 0 Å². The van der Waals surface area contributed by atoms with Gasteiger partial charge in [-0.1, -0.05) is 40.5 Å². The summed E-state index contributed by atoms with van der Waals surface area (Å²) in [7, 11) is 0. The maximum atomic E-state index is 11.6. The van der Waals surface area contributed by atoms with Crippen LogP contribution in [0, 0.1) is 46.3 Å². The van der Waals surface area contributed by atoms with E-state index in [9.17, 15) is 30.6 Å². The van der Waals surface area contributed by atoms with Crippen molar-refractivity contribution in [3.63, 3.8) is 0 Å². The second-order valence-electron chi connectivity index (χ2n) is 13.0. The van der Waals surface area contributed by atoms with Crippen molar-refractivity contribution >= 4 is 0 Å². The van der Waals surface area contributed by atoms with Gasteiger partial charge in [-0.05, 0) is 79.4 Å². The van der Waals surface area contributed by atoms with E-state index >= 15 is 0 Å². The molecule has 0 aromatic carbocycles. The van der Waals surface area contributed by atoms with Crippen LogP contribution in [0.5, 0.6) is 0 Å². The summed E-state index contributed by atoms with van der Waals surface area (Å²) in [6.45, 7) is 8.78. The van der Waals surface area contributed by atoms with Crippen LogP contribution in [-0.2, 0) is 0 Å². The highest BCUT2D eigenvalue weighted by Crippen LogP contribution is 2.69. The summed E-state index contributed by atoms with van der Waals surface area (Å²) >= 11 is 0. The second-order valence-corrected chi connectivity index (χ2v) is 13.0. The van der Waals surface area contributed by atoms with Gasteiger partial charge in [0.05, 0.1) is 30.0 Å². The molecule has 4 aliphatic carbocycles. The molecule has 0 radical (unpaired) electrons. The van der Waals surface area contributed by atoms with Crippen molar-refractivity contribution in [2.45, 2.75) is 115 Å². The van der Waals surface area contributed by atoms with Gasteiger partial charge in [0.25, 0.3) is 0 Å². The molecule has 192 valence electrons. The molecular formula is C27H48O6. The lowest BCUT2D eigenvalue weighted by Crippen LogP contribution is -2.69. The van der Waals surface area contributed by atoms with Gasteiger partial charge < -0.3 is 30.6 Å². The van der Waals surface area contributed by atoms with Gasteiger partial charge in [-0.2, -0.15) is 0 Å². The van der Waals surface area contributed by atoms with Crippen LogP contribution in [0.2, 0.25) is 0 Å². The van der Waals surface area contributed by atoms with Crippen molar-refractivity contribution < 1.29 is 30.6 Å². The first-order valence-corrected chi connectivity index (χ1v) is 13.5. The minimum atomic E-state index is -1.29. The minimum Gasteiger partial charge on any atom is -0.396 e. The molecule has 0 unspecified atom stereocenters. The van der Waals surface area contributed by atoms with Gasteiger partial charge >= 0.3 is 0 Å². The van der Waals surface area contributed by atoms with E-state index in [1.54, 1.807) is 0 Å². The molecule has 0 amide bonds. The van der Waals surface area contributed by atoms with E-state index in [-0.39, 0.29) is 54.0 Å². The summed E-state index contributed by atoms with van der Waals surface area (Å²) in [5.41, 5.74) is -2.00. The quantitative estimate of drug-likeness (QED) is 0.356. The van der Waals surface area contributed by atoms with E-state index in [4.69, 9.17) is 0 Å². The van der Waals surface area contributed by atoms with Crippen LogP contribution in [0.4, 0.5) is 0 Å². The molecule has 6 heteroatoms. The molecule has 33 heavy (non-hydrogen) atoms. The minimum absolute atomic E-state index is 0.00169. The summed E-state index contributed by atoms with van der Waals surface area (Å²) in [5.74, 6) is 0.665. The van der Waals surface area contributed by atoms with Crippen LogP contribution < -0.4 is 0 Å². The predicted octanol–water partition coefficient (Wildman–Crippen LogP) is 2.47. The second kappa shape index (κ2) is 9.01. The average Bonchev–Trinajstić information content (AvgIpc) is 2.95. The molecule has 0 aromatic rings. The lowest BCUT2D eigenvalue weighted by atomic mass is 9.42. The first-order chi connectivity index (χ1) is 15.4. The zero-order valence-electron chi connectivity index (χ0n) is 21.0. The highest BCUT2D eigenvalue weighted by atomic mass is 16.3. The first-order valence-electron chi connectivity index (χ1n) is 13.5. The van der Waals surface area contributed by atoms with E-state index in [1.165, 1.54) is 0 Å². The molecule has 4 aliphatic rings. The van der Waals surface area contributed by atoms with Crippen molar-refractivity contribution in [1.29, 1.82) is 0 Å². The molecule has 0 bridgehead atoms. The highest BCUT2D eigenvalue weighted by Gasteiger charge is 2.70. The first kappa shape index (κ1) is 25.8. The fourth-order valence-electron chi connectivity index (χ4n) is 9.43. The molecule has 4 rings (SSSR count). The maximum Gasteiger partial charge on any atom is 0.0985 e. The summed E-state index contributed by atoms with van der Waals surface area (Å²) < 4.78 is 0. The fraction of sp³-hybridized carbons (Fsp3) is 1.00. The van der Waals surface area contributed by atoms with Gasteiger partial charge in [-0.3, -0.25) is 0 Å². The number of hydrogen-bond donors (Lipinski definition) is 6. The smallest absolute Gasteiger partial charge is 0.0985 e. The third-order valence-electron chi connectivity index (χ3n) is 11.3. The molecule has 0 heterocycles. The highest BCUT2D eigenvalue weighted by molar-refractivity contribution is 5.19. The number of aliphatic hydroxyl groups is 6. The van der Waals surface area contributed by atoms with Crippen molar-refractivity contribution in [2.24, 2.45) is 46.3 Å². The van der Waals surface area contributed by atoms with Crippen molar-refractivity contribution in [2.75, 3.05) is 6.61 Å². The largest absolute Gasteiger partial charge is 0.396 e. The SMILES string of the molecule is C[C@H](CO)CCC[C@@H](C)[C@H]1[C@@H](O)[C@H](O)[C@H]2[C@@H]3C[C@@H](O)[C@@]4(O)C[C@@H](O)CC[C@]4(C)[C@H]3CC[C@]12C. The summed E-state index contributed by atoms with van der Waals surface area (Å²) in [5, 5.41) is 65.0. The molecular weight excluding hydrogens is 420 g/mol. The van der Waals surface area contributed by atoms with Crippen LogP contribution in [0.1, 0.15) is 85.5 Å². The van der Waals surface area contributed by atoms with Gasteiger partial charge in [-0.25, -0.2) is 0 Å². The molecule has 4 fully saturated rings. The fourth-order valence-corrected chi connectivity index (χ4v) is 9.43. The third-order valence-corrected chi connectivity index (χ3v) is 11.3. The zero-order valence-corrected chi connectivity index (χ0v) is 21.0. The van der Waals surface area contributed by atoms with Gasteiger partial charge in [0.1, 0.15) is 0 Å². The topological polar surface area (TPSA) is 121 Å². The van der Waals surface area contributed by atoms with E-state index < -0.39 is 35.4 Å². The van der Waals surface area contributed by atoms with Crippen molar-refractivity contribution in [3.05, 3.63) is 0 Å². The van der Waals surface area contributed by atoms with Crippen LogP contribution >= 0.6 is 0 Å². The maximum absolute atomic E-state index is 11.6. The molecule has 4 saturated carbocycles. The molecule has 0 aliphatic heterocycles. The Bertz CT molecular complexity index is 702. The zero-order chi connectivity index (χ0) is 24.3. The van der Waals surface area contributed by atoms with E-state index in [2.05, 4.69) is 27.7 Å². The van der Waals surface area contributed by atoms with Gasteiger partial charge in [-0.15, -0.1) is 0 Å². The van der Waals surface area contributed by atoms with Crippen molar-refractivity contribution in [3.8, 4) is 0 Å². The number of rotatable bonds is 6. The monoisotopic (exact) mass is 468 g/mol. The standard InChI is InChI=1S/C27H48O6/c1-15(14-28)6-5-7-16(2)21-23(31)24(32)22-18-12-20(30)27(33)13-17(29)8-11-26(27,4)19(18)9-10-25(21,22)3/h15-24,28-33H,5-14H2,1-4H3/t15-,16+,17-,18+,19-,20+,21-,22+,23+,24+,25+,26+,27-/m0/s1. The molecule has 6 N–H and O–H groups in total. The molecule has 0 spiro atoms. The Hall–Kier alpha value is -0.240. The van der Waals surface area contributed by atoms with E-state index in [0.29, 0.717) is 19.3 Å². The van der Waals surface area contributed by atoms with Gasteiger partial charge in [0.2, 0.25) is 0 Å². The number of fused-ring (bicyclic) bond motifs is 5. The number of aliphatic hydroxyl groups excluding tert-OH is 5. The lowest BCUT2D eigenvalue weighted by molar-refractivity contribution is -0.268. The summed E-state index contributed by atoms with van der Waals surface area (Å²) in [6.07, 6.45) is 3.59. The van der Waals surface area contributed by atoms with E-state index in [1.807, 2.05) is 0 Å². The van der Waals surface area contributed by atoms with Crippen LogP contribution in [0.25, 0.3) is 0 Å². The van der Waals surface area contributed by atoms with Gasteiger partial charge in [0.15, 0.2) is 0 Å². The van der Waals surface area contributed by atoms with E-state index in [0.717, 1.165) is 32.1 Å². The Balaban J connectivity index is 1.58. The Kier molecular flexibility index (Phi) is 7.05. The Morgan fingerprint density at radius 2 is 1.64 bits per heavy atom. The van der Waals surface area contributed by atoms with Crippen LogP contribution in [-0.4, -0.2) is 67.3 Å². The van der Waals surface area contributed by atoms with Crippen molar-refractivity contribution in [1.82, 2.24) is 0 Å². The Morgan fingerprint density at radius 1 is 0.939 bits per heavy atom. The summed E-state index contributed by atoms with van der Waals surface area (Å²) in [6, 6.07) is 0. The Labute approximate surface area is 199 Å². The average molecular weight is 469 g/mol. The number of hydrogen-bond acceptors (Lipinski definition) is 6.